The van der Waals surface area contributed by atoms with Crippen molar-refractivity contribution >= 4 is 5.69 Å². The van der Waals surface area contributed by atoms with Gasteiger partial charge in [0.2, 0.25) is 0 Å². The maximum Gasteiger partial charge on any atom is 0.190 e. The van der Waals surface area contributed by atoms with E-state index in [4.69, 9.17) is 6.57 Å². The number of nitrogens with zero attached hydrogens (tertiary/aromatic N) is 1. The van der Waals surface area contributed by atoms with Crippen LogP contribution >= 0.6 is 0 Å². The molecule has 1 aromatic carbocycles. The second-order valence-corrected chi connectivity index (χ2v) is 3.01. The van der Waals surface area contributed by atoms with Crippen LogP contribution in [0, 0.1) is 6.57 Å². The lowest BCUT2D eigenvalue weighted by atomic mass is 10.1. The van der Waals surface area contributed by atoms with Gasteiger partial charge in [0.25, 0.3) is 0 Å². The van der Waals surface area contributed by atoms with Gasteiger partial charge in [-0.25, -0.2) is 4.85 Å². The molecular weight excluding hydrogens is 150 g/mol. The van der Waals surface area contributed by atoms with Gasteiger partial charge in [-0.3, -0.25) is 0 Å². The number of benzene rings is 1. The van der Waals surface area contributed by atoms with Gasteiger partial charge >= 0.3 is 0 Å². The predicted molar refractivity (Wildman–Crippen MR) is 46.0 cm³/mol. The van der Waals surface area contributed by atoms with Gasteiger partial charge < -0.3 is 5.11 Å². The smallest absolute Gasteiger partial charge is 0.190 e. The summed E-state index contributed by atoms with van der Waals surface area (Å²) >= 11 is 0. The summed E-state index contributed by atoms with van der Waals surface area (Å²) < 4.78 is 0. The molecule has 0 saturated carbocycles. The van der Waals surface area contributed by atoms with Crippen LogP contribution in [0.15, 0.2) is 18.2 Å². The van der Waals surface area contributed by atoms with Crippen molar-refractivity contribution in [2.24, 2.45) is 0 Å². The number of hydrogen-bond donors (Lipinski definition) is 1. The maximum atomic E-state index is 9.50. The molecule has 60 valence electrons. The minimum Gasteiger partial charge on any atom is -0.388 e. The summed E-state index contributed by atoms with van der Waals surface area (Å²) in [5, 5.41) is 9.50. The second-order valence-electron chi connectivity index (χ2n) is 3.01. The van der Waals surface area contributed by atoms with Crippen LogP contribution in [-0.2, 0) is 6.42 Å². The van der Waals surface area contributed by atoms with Crippen LogP contribution in [0.5, 0.6) is 0 Å². The fraction of sp³-hybridized carbons (Fsp3) is 0.300. The van der Waals surface area contributed by atoms with Crippen LogP contribution in [0.25, 0.3) is 4.85 Å². The summed E-state index contributed by atoms with van der Waals surface area (Å²) in [6.07, 6.45) is 1.26. The predicted octanol–water partition coefficient (Wildman–Crippen LogP) is 2.22. The summed E-state index contributed by atoms with van der Waals surface area (Å²) in [5.41, 5.74) is 2.69. The fourth-order valence-corrected chi connectivity index (χ4v) is 1.72. The van der Waals surface area contributed by atoms with E-state index in [9.17, 15) is 5.11 Å². The molecule has 0 radical (unpaired) electrons. The summed E-state index contributed by atoms with van der Waals surface area (Å²) in [7, 11) is 0. The van der Waals surface area contributed by atoms with Crippen LogP contribution < -0.4 is 0 Å². The molecule has 0 heterocycles. The van der Waals surface area contributed by atoms with Gasteiger partial charge in [0, 0.05) is 0 Å². The molecule has 2 heteroatoms. The molecule has 0 aliphatic heterocycles. The number of aliphatic hydroxyl groups is 1. The van der Waals surface area contributed by atoms with Crippen LogP contribution in [-0.4, -0.2) is 5.11 Å². The largest absolute Gasteiger partial charge is 0.388 e. The van der Waals surface area contributed by atoms with Crippen LogP contribution in [0.4, 0.5) is 5.69 Å². The van der Waals surface area contributed by atoms with Crippen molar-refractivity contribution in [3.63, 3.8) is 0 Å². The Morgan fingerprint density at radius 2 is 2.33 bits per heavy atom. The lowest BCUT2D eigenvalue weighted by molar-refractivity contribution is 0.180. The molecule has 0 aromatic heterocycles. The topological polar surface area (TPSA) is 24.6 Å². The summed E-state index contributed by atoms with van der Waals surface area (Å²) in [6.45, 7) is 6.92. The minimum absolute atomic E-state index is 0.346. The molecule has 0 amide bonds. The van der Waals surface area contributed by atoms with Gasteiger partial charge in [0.1, 0.15) is 0 Å². The Balaban J connectivity index is 2.60. The van der Waals surface area contributed by atoms with E-state index in [-0.39, 0.29) is 6.10 Å². The molecule has 0 unspecified atom stereocenters. The first-order valence-corrected chi connectivity index (χ1v) is 4.00. The Morgan fingerprint density at radius 3 is 3.08 bits per heavy atom. The third-order valence-electron chi connectivity index (χ3n) is 2.33. The Kier molecular flexibility index (Phi) is 1.60. The monoisotopic (exact) mass is 159 g/mol. The molecule has 0 spiro atoms. The first-order valence-electron chi connectivity index (χ1n) is 4.00. The molecule has 0 bridgehead atoms. The third kappa shape index (κ3) is 0.910. The SMILES string of the molecule is [C-]#[N+]c1cccc2c1CC[C@@H]2O. The molecule has 1 aliphatic rings. The molecule has 1 atom stereocenters. The highest BCUT2D eigenvalue weighted by Crippen LogP contribution is 2.36. The number of rotatable bonds is 0. The Morgan fingerprint density at radius 1 is 1.50 bits per heavy atom. The van der Waals surface area contributed by atoms with Gasteiger partial charge in [-0.05, 0) is 24.0 Å². The summed E-state index contributed by atoms with van der Waals surface area (Å²) in [4.78, 5) is 3.42. The molecule has 0 saturated heterocycles. The van der Waals surface area contributed by atoms with E-state index < -0.39 is 0 Å². The van der Waals surface area contributed by atoms with Crippen molar-refractivity contribution < 1.29 is 5.11 Å². The fourth-order valence-electron chi connectivity index (χ4n) is 1.72. The van der Waals surface area contributed by atoms with Gasteiger partial charge in [-0.15, -0.1) is 0 Å². The molecule has 2 rings (SSSR count). The van der Waals surface area contributed by atoms with E-state index in [0.717, 1.165) is 24.0 Å². The van der Waals surface area contributed by atoms with Crippen molar-refractivity contribution in [3.8, 4) is 0 Å². The standard InChI is InChI=1S/C10H9NO/c1-11-9-4-2-3-8-7(9)5-6-10(8)12/h2-4,10,12H,5-6H2/t10-/m0/s1. The highest BCUT2D eigenvalue weighted by atomic mass is 16.3. The van der Waals surface area contributed by atoms with Crippen molar-refractivity contribution in [1.82, 2.24) is 0 Å². The summed E-state index contributed by atoms with van der Waals surface area (Å²) in [6, 6.07) is 5.55. The van der Waals surface area contributed by atoms with E-state index in [0.29, 0.717) is 5.69 Å². The zero-order valence-electron chi connectivity index (χ0n) is 6.62. The highest BCUT2D eigenvalue weighted by molar-refractivity contribution is 5.57. The van der Waals surface area contributed by atoms with Crippen LogP contribution in [0.3, 0.4) is 0 Å². The third-order valence-corrected chi connectivity index (χ3v) is 2.33. The molecule has 1 aromatic rings. The molecule has 1 aliphatic carbocycles. The quantitative estimate of drug-likeness (QED) is 0.577. The van der Waals surface area contributed by atoms with E-state index in [1.807, 2.05) is 18.2 Å². The van der Waals surface area contributed by atoms with E-state index >= 15 is 0 Å². The zero-order chi connectivity index (χ0) is 8.55. The van der Waals surface area contributed by atoms with Gasteiger partial charge in [0.15, 0.2) is 5.69 Å². The number of fused-ring (bicyclic) bond motifs is 1. The molecule has 0 fully saturated rings. The Labute approximate surface area is 71.3 Å². The zero-order valence-corrected chi connectivity index (χ0v) is 6.62. The van der Waals surface area contributed by atoms with Crippen LogP contribution in [0.2, 0.25) is 0 Å². The second kappa shape index (κ2) is 2.62. The van der Waals surface area contributed by atoms with Crippen molar-refractivity contribution in [1.29, 1.82) is 0 Å². The van der Waals surface area contributed by atoms with E-state index in [1.54, 1.807) is 0 Å². The van der Waals surface area contributed by atoms with Crippen molar-refractivity contribution in [2.45, 2.75) is 18.9 Å². The maximum absolute atomic E-state index is 9.50. The van der Waals surface area contributed by atoms with Crippen molar-refractivity contribution in [3.05, 3.63) is 40.7 Å². The van der Waals surface area contributed by atoms with Gasteiger partial charge in [0.05, 0.1) is 12.7 Å². The number of hydrogen-bond acceptors (Lipinski definition) is 1. The van der Waals surface area contributed by atoms with E-state index in [1.165, 1.54) is 0 Å². The first-order chi connectivity index (χ1) is 5.83. The summed E-state index contributed by atoms with van der Waals surface area (Å²) in [5.74, 6) is 0. The normalized spacial score (nSPS) is 20.2. The minimum atomic E-state index is -0.346. The first kappa shape index (κ1) is 7.33. The molecule has 12 heavy (non-hydrogen) atoms. The van der Waals surface area contributed by atoms with Gasteiger partial charge in [-0.2, -0.15) is 0 Å². The highest BCUT2D eigenvalue weighted by Gasteiger charge is 2.21. The van der Waals surface area contributed by atoms with Gasteiger partial charge in [-0.1, -0.05) is 18.2 Å². The van der Waals surface area contributed by atoms with E-state index in [2.05, 4.69) is 4.85 Å². The lowest BCUT2D eigenvalue weighted by Gasteiger charge is -2.03. The molecule has 1 N–H and O–H groups in total. The average Bonchev–Trinajstić information content (AvgIpc) is 2.48. The number of aliphatic hydroxyl groups excluding tert-OH is 1. The molecule has 2 nitrogen and oxygen atoms in total. The Hall–Kier alpha value is -1.33. The Bertz CT molecular complexity index is 351. The molecular formula is C10H9NO. The van der Waals surface area contributed by atoms with Crippen molar-refractivity contribution in [2.75, 3.05) is 0 Å². The van der Waals surface area contributed by atoms with Crippen LogP contribution in [0.1, 0.15) is 23.7 Å². The average molecular weight is 159 g/mol. The lowest BCUT2D eigenvalue weighted by Crippen LogP contribution is -1.88.